The number of carbonyl (C=O) groups excluding carboxylic acids is 1. The van der Waals surface area contributed by atoms with E-state index in [0.717, 1.165) is 29.0 Å². The number of nitrogens with one attached hydrogen (secondary N) is 1. The van der Waals surface area contributed by atoms with Crippen LogP contribution in [0.1, 0.15) is 17.8 Å². The van der Waals surface area contributed by atoms with Crippen LogP contribution < -0.4 is 5.32 Å². The fraction of sp³-hybridized carbons (Fsp3) is 0.353. The van der Waals surface area contributed by atoms with Crippen LogP contribution in [-0.4, -0.2) is 31.8 Å². The summed E-state index contributed by atoms with van der Waals surface area (Å²) < 4.78 is 3.89. The first-order chi connectivity index (χ1) is 11.1. The molecule has 0 spiro atoms. The molecule has 0 fully saturated rings. The first-order valence-corrected chi connectivity index (χ1v) is 7.79. The summed E-state index contributed by atoms with van der Waals surface area (Å²) in [5.41, 5.74) is 3.18. The van der Waals surface area contributed by atoms with Crippen molar-refractivity contribution in [1.29, 1.82) is 0 Å². The molecule has 0 saturated heterocycles. The second-order valence-electron chi connectivity index (χ2n) is 5.67. The SMILES string of the molecule is Cc1nc2ccccc2n1CCNC(=O)CCc1cnn(C)c1. The second-order valence-corrected chi connectivity index (χ2v) is 5.67. The molecule has 0 aliphatic rings. The molecule has 6 heteroatoms. The quantitative estimate of drug-likeness (QED) is 0.755. The van der Waals surface area contributed by atoms with Gasteiger partial charge in [-0.25, -0.2) is 4.98 Å². The molecule has 120 valence electrons. The molecule has 0 atom stereocenters. The van der Waals surface area contributed by atoms with E-state index in [4.69, 9.17) is 0 Å². The van der Waals surface area contributed by atoms with Gasteiger partial charge in [0.1, 0.15) is 5.82 Å². The van der Waals surface area contributed by atoms with Crippen LogP contribution in [0.15, 0.2) is 36.7 Å². The van der Waals surface area contributed by atoms with Gasteiger partial charge < -0.3 is 9.88 Å². The highest BCUT2D eigenvalue weighted by Gasteiger charge is 2.07. The Morgan fingerprint density at radius 1 is 1.30 bits per heavy atom. The van der Waals surface area contributed by atoms with Crippen LogP contribution in [-0.2, 0) is 24.8 Å². The maximum atomic E-state index is 11.9. The Hall–Kier alpha value is -2.63. The number of benzene rings is 1. The van der Waals surface area contributed by atoms with Gasteiger partial charge in [-0.1, -0.05) is 12.1 Å². The minimum Gasteiger partial charge on any atom is -0.354 e. The van der Waals surface area contributed by atoms with E-state index in [1.54, 1.807) is 10.9 Å². The van der Waals surface area contributed by atoms with Crippen molar-refractivity contribution in [3.05, 3.63) is 48.0 Å². The first-order valence-electron chi connectivity index (χ1n) is 7.79. The molecule has 0 saturated carbocycles. The minimum atomic E-state index is 0.0657. The molecule has 3 rings (SSSR count). The maximum Gasteiger partial charge on any atom is 0.220 e. The second kappa shape index (κ2) is 6.64. The summed E-state index contributed by atoms with van der Waals surface area (Å²) in [6.07, 6.45) is 4.94. The molecule has 0 aliphatic heterocycles. The van der Waals surface area contributed by atoms with Gasteiger partial charge in [-0.3, -0.25) is 9.48 Å². The van der Waals surface area contributed by atoms with Crippen molar-refractivity contribution in [1.82, 2.24) is 24.6 Å². The zero-order valence-electron chi connectivity index (χ0n) is 13.5. The molecule has 1 amide bonds. The summed E-state index contributed by atoms with van der Waals surface area (Å²) in [5, 5.41) is 7.08. The van der Waals surface area contributed by atoms with E-state index in [-0.39, 0.29) is 5.91 Å². The molecule has 1 aromatic carbocycles. The summed E-state index contributed by atoms with van der Waals surface area (Å²) in [5.74, 6) is 1.03. The van der Waals surface area contributed by atoms with Gasteiger partial charge in [0.2, 0.25) is 5.91 Å². The minimum absolute atomic E-state index is 0.0657. The van der Waals surface area contributed by atoms with Crippen molar-refractivity contribution in [2.45, 2.75) is 26.3 Å². The van der Waals surface area contributed by atoms with Crippen LogP contribution in [0, 0.1) is 6.92 Å². The average Bonchev–Trinajstić information content (AvgIpc) is 3.09. The first kappa shape index (κ1) is 15.3. The van der Waals surface area contributed by atoms with Crippen molar-refractivity contribution < 1.29 is 4.79 Å². The number of para-hydroxylation sites is 2. The summed E-state index contributed by atoms with van der Waals surface area (Å²) in [6, 6.07) is 8.05. The lowest BCUT2D eigenvalue weighted by Gasteiger charge is -2.08. The van der Waals surface area contributed by atoms with Crippen LogP contribution >= 0.6 is 0 Å². The number of aryl methyl sites for hydroxylation is 3. The molecule has 0 aliphatic carbocycles. The third kappa shape index (κ3) is 3.59. The van der Waals surface area contributed by atoms with Crippen LogP contribution in [0.5, 0.6) is 0 Å². The third-order valence-corrected chi connectivity index (χ3v) is 3.90. The number of amides is 1. The summed E-state index contributed by atoms with van der Waals surface area (Å²) in [7, 11) is 1.88. The standard InChI is InChI=1S/C17H21N5O/c1-13-20-15-5-3-4-6-16(15)22(13)10-9-18-17(23)8-7-14-11-19-21(2)12-14/h3-6,11-12H,7-10H2,1-2H3,(H,18,23). The highest BCUT2D eigenvalue weighted by atomic mass is 16.1. The van der Waals surface area contributed by atoms with Crippen molar-refractivity contribution >= 4 is 16.9 Å². The predicted molar refractivity (Wildman–Crippen MR) is 89.0 cm³/mol. The predicted octanol–water partition coefficient (Wildman–Crippen LogP) is 1.83. The summed E-state index contributed by atoms with van der Waals surface area (Å²) in [6.45, 7) is 3.32. The fourth-order valence-corrected chi connectivity index (χ4v) is 2.73. The van der Waals surface area contributed by atoms with Crippen molar-refractivity contribution in [2.24, 2.45) is 7.05 Å². The molecule has 0 unspecified atom stereocenters. The van der Waals surface area contributed by atoms with E-state index in [2.05, 4.69) is 26.0 Å². The van der Waals surface area contributed by atoms with Crippen molar-refractivity contribution in [3.63, 3.8) is 0 Å². The van der Waals surface area contributed by atoms with Gasteiger partial charge in [0.05, 0.1) is 17.2 Å². The van der Waals surface area contributed by atoms with Crippen LogP contribution in [0.3, 0.4) is 0 Å². The number of hydrogen-bond acceptors (Lipinski definition) is 3. The number of imidazole rings is 1. The molecule has 1 N–H and O–H groups in total. The summed E-state index contributed by atoms with van der Waals surface area (Å²) in [4.78, 5) is 16.5. The zero-order chi connectivity index (χ0) is 16.2. The van der Waals surface area contributed by atoms with Crippen molar-refractivity contribution in [3.8, 4) is 0 Å². The van der Waals surface area contributed by atoms with Gasteiger partial charge in [0.15, 0.2) is 0 Å². The van der Waals surface area contributed by atoms with E-state index in [1.807, 2.05) is 38.4 Å². The third-order valence-electron chi connectivity index (χ3n) is 3.90. The van der Waals surface area contributed by atoms with Crippen molar-refractivity contribution in [2.75, 3.05) is 6.54 Å². The number of rotatable bonds is 6. The maximum absolute atomic E-state index is 11.9. The molecule has 2 aromatic heterocycles. The molecule has 0 radical (unpaired) electrons. The number of hydrogen-bond donors (Lipinski definition) is 1. The Labute approximate surface area is 135 Å². The van der Waals surface area contributed by atoms with E-state index < -0.39 is 0 Å². The van der Waals surface area contributed by atoms with E-state index in [9.17, 15) is 4.79 Å². The van der Waals surface area contributed by atoms with Gasteiger partial charge in [0, 0.05) is 32.8 Å². The van der Waals surface area contributed by atoms with Crippen LogP contribution in [0.2, 0.25) is 0 Å². The Balaban J connectivity index is 1.50. The Kier molecular flexibility index (Phi) is 4.41. The average molecular weight is 311 g/mol. The van der Waals surface area contributed by atoms with E-state index >= 15 is 0 Å². The van der Waals surface area contributed by atoms with Gasteiger partial charge in [0.25, 0.3) is 0 Å². The smallest absolute Gasteiger partial charge is 0.220 e. The summed E-state index contributed by atoms with van der Waals surface area (Å²) >= 11 is 0. The topological polar surface area (TPSA) is 64.7 Å². The molecule has 0 bridgehead atoms. The Bertz CT molecular complexity index is 817. The number of nitrogens with zero attached hydrogens (tertiary/aromatic N) is 4. The van der Waals surface area contributed by atoms with Crippen LogP contribution in [0.25, 0.3) is 11.0 Å². The molecular weight excluding hydrogens is 290 g/mol. The van der Waals surface area contributed by atoms with E-state index in [0.29, 0.717) is 19.4 Å². The highest BCUT2D eigenvalue weighted by Crippen LogP contribution is 2.14. The fourth-order valence-electron chi connectivity index (χ4n) is 2.73. The van der Waals surface area contributed by atoms with E-state index in [1.165, 1.54) is 0 Å². The van der Waals surface area contributed by atoms with Crippen LogP contribution in [0.4, 0.5) is 0 Å². The molecule has 3 aromatic rings. The number of aromatic nitrogens is 4. The molecular formula is C17H21N5O. The van der Waals surface area contributed by atoms with Gasteiger partial charge >= 0.3 is 0 Å². The normalized spacial score (nSPS) is 11.0. The molecule has 23 heavy (non-hydrogen) atoms. The molecule has 6 nitrogen and oxygen atoms in total. The molecule has 2 heterocycles. The van der Waals surface area contributed by atoms with Gasteiger partial charge in [-0.05, 0) is 31.0 Å². The van der Waals surface area contributed by atoms with Gasteiger partial charge in [-0.15, -0.1) is 0 Å². The highest BCUT2D eigenvalue weighted by molar-refractivity contribution is 5.77. The Morgan fingerprint density at radius 2 is 2.13 bits per heavy atom. The van der Waals surface area contributed by atoms with Gasteiger partial charge in [-0.2, -0.15) is 5.10 Å². The lowest BCUT2D eigenvalue weighted by molar-refractivity contribution is -0.121. The monoisotopic (exact) mass is 311 g/mol. The lowest BCUT2D eigenvalue weighted by Crippen LogP contribution is -2.27. The number of carbonyl (C=O) groups is 1. The zero-order valence-corrected chi connectivity index (χ0v) is 13.5. The Morgan fingerprint density at radius 3 is 2.91 bits per heavy atom. The lowest BCUT2D eigenvalue weighted by atomic mass is 10.2. The number of fused-ring (bicyclic) bond motifs is 1. The largest absolute Gasteiger partial charge is 0.354 e.